The zero-order valence-electron chi connectivity index (χ0n) is 12.7. The highest BCUT2D eigenvalue weighted by molar-refractivity contribution is 7.80. The Morgan fingerprint density at radius 2 is 2.00 bits per heavy atom. The summed E-state index contributed by atoms with van der Waals surface area (Å²) in [5.74, 6) is 0.0945. The van der Waals surface area contributed by atoms with Crippen LogP contribution in [0, 0.1) is 0 Å². The number of nitrogens with zero attached hydrogens (tertiary/aromatic N) is 1. The number of rotatable bonds is 9. The Bertz CT molecular complexity index is 397. The average Bonchev–Trinajstić information content (AvgIpc) is 2.47. The van der Waals surface area contributed by atoms with Crippen LogP contribution in [0.1, 0.15) is 31.7 Å². The molecule has 2 N–H and O–H groups in total. The summed E-state index contributed by atoms with van der Waals surface area (Å²) in [7, 11) is 1.73. The lowest BCUT2D eigenvalue weighted by Crippen LogP contribution is -2.41. The minimum absolute atomic E-state index is 0.0945. The van der Waals surface area contributed by atoms with E-state index in [1.54, 1.807) is 7.11 Å². The fraction of sp³-hybridized carbons (Fsp3) is 0.562. The lowest BCUT2D eigenvalue weighted by molar-refractivity contribution is 0.122. The van der Waals surface area contributed by atoms with Gasteiger partial charge >= 0.3 is 0 Å². The van der Waals surface area contributed by atoms with Crippen LogP contribution in [0.2, 0.25) is 0 Å². The predicted molar refractivity (Wildman–Crippen MR) is 89.2 cm³/mol. The number of nitrogens with two attached hydrogens (primary N) is 1. The number of methoxy groups -OCH3 is 1. The van der Waals surface area contributed by atoms with Crippen molar-refractivity contribution >= 4 is 17.2 Å². The van der Waals surface area contributed by atoms with Crippen LogP contribution in [0.15, 0.2) is 30.3 Å². The van der Waals surface area contributed by atoms with Crippen molar-refractivity contribution in [2.45, 2.75) is 32.2 Å². The standard InChI is InChI=1S/C16H26N2OS/c1-4-13(2)18(10-11-19-3)12-15(16(17)20)14-8-6-5-7-9-14/h5-9,13,15H,4,10-12H2,1-3H3,(H2,17,20). The molecule has 2 atom stereocenters. The van der Waals surface area contributed by atoms with Gasteiger partial charge in [0.1, 0.15) is 0 Å². The predicted octanol–water partition coefficient (Wildman–Crippen LogP) is 2.80. The van der Waals surface area contributed by atoms with Crippen molar-refractivity contribution < 1.29 is 4.74 Å². The Labute approximate surface area is 128 Å². The van der Waals surface area contributed by atoms with Crippen molar-refractivity contribution in [3.8, 4) is 0 Å². The molecular formula is C16H26N2OS. The first-order chi connectivity index (χ1) is 9.60. The van der Waals surface area contributed by atoms with Gasteiger partial charge in [0.15, 0.2) is 0 Å². The second-order valence-electron chi connectivity index (χ2n) is 5.11. The molecule has 0 spiro atoms. The third-order valence-corrected chi connectivity index (χ3v) is 4.04. The molecule has 112 valence electrons. The monoisotopic (exact) mass is 294 g/mol. The van der Waals surface area contributed by atoms with E-state index in [2.05, 4.69) is 30.9 Å². The average molecular weight is 294 g/mol. The van der Waals surface area contributed by atoms with Crippen molar-refractivity contribution in [2.75, 3.05) is 26.8 Å². The van der Waals surface area contributed by atoms with Gasteiger partial charge in [-0.25, -0.2) is 0 Å². The number of benzene rings is 1. The largest absolute Gasteiger partial charge is 0.393 e. The smallest absolute Gasteiger partial charge is 0.0816 e. The van der Waals surface area contributed by atoms with E-state index in [9.17, 15) is 0 Å². The van der Waals surface area contributed by atoms with Gasteiger partial charge in [0, 0.05) is 32.2 Å². The third-order valence-electron chi connectivity index (χ3n) is 3.76. The Kier molecular flexibility index (Phi) is 7.73. The summed E-state index contributed by atoms with van der Waals surface area (Å²) >= 11 is 5.27. The molecule has 1 aromatic carbocycles. The van der Waals surface area contributed by atoms with E-state index in [0.717, 1.165) is 26.1 Å². The Morgan fingerprint density at radius 1 is 1.35 bits per heavy atom. The molecule has 0 heterocycles. The van der Waals surface area contributed by atoms with Crippen LogP contribution < -0.4 is 5.73 Å². The van der Waals surface area contributed by atoms with Gasteiger partial charge in [-0.15, -0.1) is 0 Å². The Hall–Kier alpha value is -0.970. The molecule has 0 saturated carbocycles. The molecule has 0 amide bonds. The van der Waals surface area contributed by atoms with Gasteiger partial charge in [0.25, 0.3) is 0 Å². The molecule has 4 heteroatoms. The molecule has 20 heavy (non-hydrogen) atoms. The molecule has 0 radical (unpaired) electrons. The zero-order chi connectivity index (χ0) is 15.0. The van der Waals surface area contributed by atoms with Gasteiger partial charge in [0.2, 0.25) is 0 Å². The van der Waals surface area contributed by atoms with E-state index in [0.29, 0.717) is 11.0 Å². The van der Waals surface area contributed by atoms with Crippen molar-refractivity contribution in [1.82, 2.24) is 4.90 Å². The quantitative estimate of drug-likeness (QED) is 0.711. The summed E-state index contributed by atoms with van der Waals surface area (Å²) in [4.78, 5) is 2.96. The normalized spacial score (nSPS) is 14.2. The van der Waals surface area contributed by atoms with Gasteiger partial charge in [0.05, 0.1) is 11.6 Å². The molecule has 1 aromatic rings. The van der Waals surface area contributed by atoms with E-state index in [1.807, 2.05) is 18.2 Å². The highest BCUT2D eigenvalue weighted by Crippen LogP contribution is 2.19. The third kappa shape index (κ3) is 5.19. The van der Waals surface area contributed by atoms with Gasteiger partial charge in [-0.05, 0) is 18.9 Å². The number of hydrogen-bond acceptors (Lipinski definition) is 3. The van der Waals surface area contributed by atoms with Crippen molar-refractivity contribution in [3.63, 3.8) is 0 Å². The molecule has 0 aliphatic carbocycles. The zero-order valence-corrected chi connectivity index (χ0v) is 13.5. The van der Waals surface area contributed by atoms with Crippen molar-refractivity contribution in [2.24, 2.45) is 5.73 Å². The minimum Gasteiger partial charge on any atom is -0.393 e. The van der Waals surface area contributed by atoms with E-state index in [4.69, 9.17) is 22.7 Å². The highest BCUT2D eigenvalue weighted by Gasteiger charge is 2.21. The maximum Gasteiger partial charge on any atom is 0.0816 e. The van der Waals surface area contributed by atoms with E-state index >= 15 is 0 Å². The van der Waals surface area contributed by atoms with Gasteiger partial charge in [-0.2, -0.15) is 0 Å². The van der Waals surface area contributed by atoms with Crippen LogP contribution in [0.25, 0.3) is 0 Å². The van der Waals surface area contributed by atoms with Crippen LogP contribution in [0.5, 0.6) is 0 Å². The van der Waals surface area contributed by atoms with Crippen LogP contribution >= 0.6 is 12.2 Å². The molecule has 0 saturated heterocycles. The minimum atomic E-state index is 0.0945. The SMILES string of the molecule is CCC(C)N(CCOC)CC(C(N)=S)c1ccccc1. The molecule has 2 unspecified atom stereocenters. The molecule has 3 nitrogen and oxygen atoms in total. The summed E-state index contributed by atoms with van der Waals surface area (Å²) in [6.07, 6.45) is 1.10. The van der Waals surface area contributed by atoms with Crippen LogP contribution in [-0.2, 0) is 4.74 Å². The van der Waals surface area contributed by atoms with Gasteiger partial charge in [-0.1, -0.05) is 49.5 Å². The number of hydrogen-bond donors (Lipinski definition) is 1. The van der Waals surface area contributed by atoms with Crippen molar-refractivity contribution in [1.29, 1.82) is 0 Å². The maximum atomic E-state index is 5.96. The van der Waals surface area contributed by atoms with E-state index in [-0.39, 0.29) is 5.92 Å². The lowest BCUT2D eigenvalue weighted by atomic mass is 9.97. The Balaban J connectivity index is 2.83. The molecule has 0 aliphatic heterocycles. The summed E-state index contributed by atoms with van der Waals surface area (Å²) < 4.78 is 5.21. The fourth-order valence-electron chi connectivity index (χ4n) is 2.24. The van der Waals surface area contributed by atoms with Crippen LogP contribution in [0.3, 0.4) is 0 Å². The van der Waals surface area contributed by atoms with Crippen molar-refractivity contribution in [3.05, 3.63) is 35.9 Å². The summed E-state index contributed by atoms with van der Waals surface area (Å²) in [5, 5.41) is 0. The number of ether oxygens (including phenoxy) is 1. The van der Waals surface area contributed by atoms with Gasteiger partial charge < -0.3 is 10.5 Å². The molecular weight excluding hydrogens is 268 g/mol. The molecule has 0 aliphatic rings. The summed E-state index contributed by atoms with van der Waals surface area (Å²) in [6, 6.07) is 10.7. The van der Waals surface area contributed by atoms with Crippen LogP contribution in [0.4, 0.5) is 0 Å². The molecule has 0 fully saturated rings. The molecule has 1 rings (SSSR count). The molecule has 0 bridgehead atoms. The first kappa shape index (κ1) is 17.1. The van der Waals surface area contributed by atoms with Crippen LogP contribution in [-0.4, -0.2) is 42.7 Å². The van der Waals surface area contributed by atoms with Gasteiger partial charge in [-0.3, -0.25) is 4.90 Å². The Morgan fingerprint density at radius 3 is 2.50 bits per heavy atom. The topological polar surface area (TPSA) is 38.5 Å². The fourth-order valence-corrected chi connectivity index (χ4v) is 2.45. The summed E-state index contributed by atoms with van der Waals surface area (Å²) in [6.45, 7) is 6.90. The second kappa shape index (κ2) is 9.06. The first-order valence-electron chi connectivity index (χ1n) is 7.17. The first-order valence-corrected chi connectivity index (χ1v) is 7.58. The molecule has 0 aromatic heterocycles. The summed E-state index contributed by atoms with van der Waals surface area (Å²) in [5.41, 5.74) is 7.15. The van der Waals surface area contributed by atoms with E-state index in [1.165, 1.54) is 5.56 Å². The lowest BCUT2D eigenvalue weighted by Gasteiger charge is -2.31. The van der Waals surface area contributed by atoms with E-state index < -0.39 is 0 Å². The highest BCUT2D eigenvalue weighted by atomic mass is 32.1. The maximum absolute atomic E-state index is 5.96. The number of thiocarbonyl (C=S) groups is 1. The second-order valence-corrected chi connectivity index (χ2v) is 5.58.